The summed E-state index contributed by atoms with van der Waals surface area (Å²) in [6.45, 7) is -3.52. The van der Waals surface area contributed by atoms with E-state index in [0.29, 0.717) is 18.9 Å². The average molecular weight is 350 g/mol. The zero-order valence-electron chi connectivity index (χ0n) is 24.6. The van der Waals surface area contributed by atoms with Crippen molar-refractivity contribution in [3.8, 4) is 0 Å². The van der Waals surface area contributed by atoms with Crippen LogP contribution in [0.1, 0.15) is 85.9 Å². The molecule has 0 saturated heterocycles. The number of unbranched alkanes of at least 4 members (excludes halogenated alkanes) is 1. The van der Waals surface area contributed by atoms with Gasteiger partial charge in [-0.1, -0.05) is 56.1 Å². The molecule has 24 heavy (non-hydrogen) atoms. The fraction of sp³-hybridized carbons (Fsp3) is 0.650. The highest BCUT2D eigenvalue weighted by Gasteiger charge is 2.12. The number of hydrogen-bond acceptors (Lipinski definition) is 3. The molecule has 0 bridgehead atoms. The van der Waals surface area contributed by atoms with Crippen LogP contribution in [0.15, 0.2) is 36.5 Å². The normalized spacial score (nSPS) is 24.5. The van der Waals surface area contributed by atoms with Crippen LogP contribution in [0.25, 0.3) is 0 Å². The van der Waals surface area contributed by atoms with E-state index < -0.39 is 50.5 Å². The van der Waals surface area contributed by atoms with Crippen LogP contribution in [0.4, 0.5) is 0 Å². The lowest BCUT2D eigenvalue weighted by molar-refractivity contribution is -0.137. The molecule has 138 valence electrons. The van der Waals surface area contributed by atoms with Gasteiger partial charge in [-0.15, -0.1) is 0 Å². The largest absolute Gasteiger partial charge is 0.481 e. The summed E-state index contributed by atoms with van der Waals surface area (Å²) in [5, 5.41) is 28.4. The Hall–Kier alpha value is -1.39. The first kappa shape index (κ1) is 9.93. The highest BCUT2D eigenvalue weighted by Crippen LogP contribution is 2.07. The van der Waals surface area contributed by atoms with Gasteiger partial charge in [0.05, 0.1) is 12.2 Å². The second kappa shape index (κ2) is 16.5. The molecule has 0 saturated carbocycles. The molecule has 3 N–H and O–H groups in total. The van der Waals surface area contributed by atoms with Crippen LogP contribution >= 0.6 is 0 Å². The Morgan fingerprint density at radius 3 is 2.38 bits per heavy atom. The maximum atomic E-state index is 10.4. The molecule has 0 amide bonds. The zero-order valence-corrected chi connectivity index (χ0v) is 13.6. The van der Waals surface area contributed by atoms with Crippen molar-refractivity contribution in [3.63, 3.8) is 0 Å². The van der Waals surface area contributed by atoms with Crippen LogP contribution in [0.3, 0.4) is 0 Å². The first-order valence-electron chi connectivity index (χ1n) is 13.3. The third kappa shape index (κ3) is 15.5. The van der Waals surface area contributed by atoms with Crippen molar-refractivity contribution < 1.29 is 35.2 Å². The fourth-order valence-corrected chi connectivity index (χ4v) is 1.69. The molecule has 2 atom stereocenters. The van der Waals surface area contributed by atoms with Gasteiger partial charge in [0, 0.05) is 21.5 Å². The number of carboxylic acids is 1. The van der Waals surface area contributed by atoms with Crippen molar-refractivity contribution >= 4 is 5.97 Å². The molecule has 0 aromatic carbocycles. The second-order valence-corrected chi connectivity index (χ2v) is 4.99. The number of aliphatic hydroxyl groups is 2. The van der Waals surface area contributed by atoms with Gasteiger partial charge in [-0.25, -0.2) is 0 Å². The molecular weight excluding hydrogens is 304 g/mol. The molecule has 0 radical (unpaired) electrons. The number of hydrogen-bond donors (Lipinski definition) is 3. The fourth-order valence-electron chi connectivity index (χ4n) is 1.69. The SMILES string of the molecule is [2H]C([2H])([2H])C([2H])([2H])C([2H])([2H])C([2H])([2H])C([2H])([2H])/C=C\C/C=C\C[C@@H](O)[C@@H](O)C/C=C\CCCC(=O)O. The van der Waals surface area contributed by atoms with Crippen molar-refractivity contribution in [1.82, 2.24) is 0 Å². The van der Waals surface area contributed by atoms with E-state index in [1.807, 2.05) is 0 Å². The summed E-state index contributed by atoms with van der Waals surface area (Å²) in [7, 11) is 0. The smallest absolute Gasteiger partial charge is 0.303 e. The highest BCUT2D eigenvalue weighted by molar-refractivity contribution is 5.66. The Kier molecular flexibility index (Phi) is 6.81. The zero-order chi connectivity index (χ0) is 27.7. The molecular formula is C20H34O4. The first-order chi connectivity index (χ1) is 15.7. The highest BCUT2D eigenvalue weighted by atomic mass is 16.4. The van der Waals surface area contributed by atoms with Crippen LogP contribution in [0.2, 0.25) is 0 Å². The molecule has 4 heteroatoms. The summed E-state index contributed by atoms with van der Waals surface area (Å²) in [4.78, 5) is 10.4. The minimum absolute atomic E-state index is 0.0471. The molecule has 0 aromatic rings. The minimum Gasteiger partial charge on any atom is -0.481 e. The van der Waals surface area contributed by atoms with Crippen LogP contribution in [0, 0.1) is 0 Å². The number of rotatable bonds is 15. The molecule has 0 rings (SSSR count). The van der Waals surface area contributed by atoms with E-state index in [2.05, 4.69) is 0 Å². The van der Waals surface area contributed by atoms with E-state index in [-0.39, 0.29) is 25.7 Å². The molecule has 0 aliphatic carbocycles. The van der Waals surface area contributed by atoms with Crippen LogP contribution < -0.4 is 0 Å². The van der Waals surface area contributed by atoms with E-state index in [1.54, 1.807) is 12.2 Å². The van der Waals surface area contributed by atoms with Crippen LogP contribution in [-0.4, -0.2) is 33.5 Å². The lowest BCUT2D eigenvalue weighted by Gasteiger charge is -2.14. The summed E-state index contributed by atoms with van der Waals surface area (Å²) in [6.07, 6.45) is -6.50. The summed E-state index contributed by atoms with van der Waals surface area (Å²) in [5.41, 5.74) is 0. The molecule has 0 fully saturated rings. The molecule has 4 nitrogen and oxygen atoms in total. The number of allylic oxidation sites excluding steroid dienone is 4. The summed E-state index contributed by atoms with van der Waals surface area (Å²) in [5.74, 6) is -0.887. The lowest BCUT2D eigenvalue weighted by Crippen LogP contribution is -2.24. The van der Waals surface area contributed by atoms with Crippen LogP contribution in [0.5, 0.6) is 0 Å². The monoisotopic (exact) mass is 349 g/mol. The maximum Gasteiger partial charge on any atom is 0.303 e. The van der Waals surface area contributed by atoms with Gasteiger partial charge in [0.1, 0.15) is 0 Å². The van der Waals surface area contributed by atoms with Crippen molar-refractivity contribution in [2.75, 3.05) is 0 Å². The number of aliphatic hydroxyl groups excluding tert-OH is 2. The van der Waals surface area contributed by atoms with Crippen molar-refractivity contribution in [2.45, 2.75) is 83.1 Å². The number of carboxylic acid groups (broad SMARTS) is 1. The van der Waals surface area contributed by atoms with Gasteiger partial charge < -0.3 is 15.3 Å². The van der Waals surface area contributed by atoms with Gasteiger partial charge in [-0.3, -0.25) is 4.79 Å². The number of aliphatic carboxylic acids is 1. The third-order valence-corrected chi connectivity index (χ3v) is 2.96. The predicted octanol–water partition coefficient (Wildman–Crippen LogP) is 4.38. The van der Waals surface area contributed by atoms with E-state index in [9.17, 15) is 15.0 Å². The molecule has 0 unspecified atom stereocenters. The van der Waals surface area contributed by atoms with Crippen molar-refractivity contribution in [2.24, 2.45) is 0 Å². The molecule has 0 aliphatic heterocycles. The van der Waals surface area contributed by atoms with Crippen molar-refractivity contribution in [3.05, 3.63) is 36.5 Å². The van der Waals surface area contributed by atoms with Gasteiger partial charge in [0.15, 0.2) is 0 Å². The minimum atomic E-state index is -3.69. The second-order valence-electron chi connectivity index (χ2n) is 4.99. The lowest BCUT2D eigenvalue weighted by atomic mass is 10.1. The Morgan fingerprint density at radius 1 is 1.04 bits per heavy atom. The number of carbonyl (C=O) groups is 1. The van der Waals surface area contributed by atoms with Crippen LogP contribution in [-0.2, 0) is 4.79 Å². The van der Waals surface area contributed by atoms with E-state index in [1.165, 1.54) is 12.2 Å². The first-order valence-corrected chi connectivity index (χ1v) is 7.78. The van der Waals surface area contributed by atoms with Gasteiger partial charge in [0.25, 0.3) is 0 Å². The average Bonchev–Trinajstić information content (AvgIpc) is 2.71. The molecule has 0 spiro atoms. The Morgan fingerprint density at radius 2 is 1.71 bits per heavy atom. The molecule has 0 aliphatic rings. The Bertz CT molecular complexity index is 759. The maximum absolute atomic E-state index is 10.4. The summed E-state index contributed by atoms with van der Waals surface area (Å²) in [6, 6.07) is 0. The Balaban J connectivity index is 4.85. The van der Waals surface area contributed by atoms with Gasteiger partial charge in [-0.05, 0) is 44.8 Å². The van der Waals surface area contributed by atoms with E-state index in [4.69, 9.17) is 20.2 Å². The Labute approximate surface area is 162 Å². The quantitative estimate of drug-likeness (QED) is 0.303. The predicted molar refractivity (Wildman–Crippen MR) is 98.9 cm³/mol. The summed E-state index contributed by atoms with van der Waals surface area (Å²) >= 11 is 0. The molecule has 0 aromatic heterocycles. The van der Waals surface area contributed by atoms with Gasteiger partial charge >= 0.3 is 5.97 Å². The summed E-state index contributed by atoms with van der Waals surface area (Å²) < 4.78 is 83.7. The molecule has 0 heterocycles. The van der Waals surface area contributed by atoms with E-state index >= 15 is 0 Å². The van der Waals surface area contributed by atoms with Gasteiger partial charge in [0.2, 0.25) is 0 Å². The standard InChI is InChI=1S/C20H34O4/c1-2-3-4-5-6-7-8-9-12-15-18(21)19(22)16-13-10-11-14-17-20(23)24/h6-7,9-10,12-13,18-19,21-22H,2-5,8,11,14-17H2,1H3,(H,23,24)/b7-6-,12-9-,13-10-/t18-,19+/m1/s1/i1D3,2D2,3D2,4D2,5D2. The topological polar surface area (TPSA) is 77.8 Å². The van der Waals surface area contributed by atoms with E-state index in [0.717, 1.165) is 6.08 Å². The van der Waals surface area contributed by atoms with Crippen molar-refractivity contribution in [1.29, 1.82) is 0 Å². The third-order valence-electron chi connectivity index (χ3n) is 2.96. The van der Waals surface area contributed by atoms with Gasteiger partial charge in [-0.2, -0.15) is 0 Å².